The minimum Gasteiger partial charge on any atom is -0.385 e. The first-order valence-electron chi connectivity index (χ1n) is 9.65. The molecule has 146 valence electrons. The summed E-state index contributed by atoms with van der Waals surface area (Å²) in [6.07, 6.45) is 4.71. The Morgan fingerprint density at radius 3 is 2.70 bits per heavy atom. The predicted octanol–water partition coefficient (Wildman–Crippen LogP) is 2.20. The minimum atomic E-state index is -0.191. The lowest BCUT2D eigenvalue weighted by molar-refractivity contribution is 0.0610. The monoisotopic (exact) mass is 373 g/mol. The van der Waals surface area contributed by atoms with E-state index in [1.165, 1.54) is 0 Å². The molecule has 0 bridgehead atoms. The van der Waals surface area contributed by atoms with Gasteiger partial charge in [0.1, 0.15) is 0 Å². The molecule has 1 aliphatic heterocycles. The van der Waals surface area contributed by atoms with Crippen molar-refractivity contribution in [1.82, 2.24) is 24.8 Å². The molecule has 0 N–H and O–H groups in total. The summed E-state index contributed by atoms with van der Waals surface area (Å²) in [4.78, 5) is 19.4. The van der Waals surface area contributed by atoms with Gasteiger partial charge in [0.05, 0.1) is 0 Å². The van der Waals surface area contributed by atoms with Crippen molar-refractivity contribution in [3.8, 4) is 0 Å². The summed E-state index contributed by atoms with van der Waals surface area (Å²) in [6, 6.07) is 1.84. The highest BCUT2D eigenvalue weighted by Crippen LogP contribution is 2.42. The van der Waals surface area contributed by atoms with Crippen molar-refractivity contribution >= 4 is 5.91 Å². The summed E-state index contributed by atoms with van der Waals surface area (Å²) in [5, 5.41) is 8.63. The summed E-state index contributed by atoms with van der Waals surface area (Å²) >= 11 is 0. The highest BCUT2D eigenvalue weighted by atomic mass is 16.5. The molecule has 1 saturated carbocycles. The number of piperidine rings is 1. The van der Waals surface area contributed by atoms with E-state index in [9.17, 15) is 4.79 Å². The largest absolute Gasteiger partial charge is 0.385 e. The molecule has 8 heteroatoms. The third-order valence-corrected chi connectivity index (χ3v) is 5.97. The van der Waals surface area contributed by atoms with E-state index in [2.05, 4.69) is 10.3 Å². The van der Waals surface area contributed by atoms with Crippen LogP contribution in [0.2, 0.25) is 0 Å². The molecule has 1 saturated heterocycles. The summed E-state index contributed by atoms with van der Waals surface area (Å²) in [7, 11) is 3.56. The molecule has 0 atom stereocenters. The van der Waals surface area contributed by atoms with E-state index < -0.39 is 0 Å². The highest BCUT2D eigenvalue weighted by Gasteiger charge is 2.42. The number of amides is 1. The molecule has 8 nitrogen and oxygen atoms in total. The number of carbonyl (C=O) groups excluding carboxylic acids is 1. The van der Waals surface area contributed by atoms with Gasteiger partial charge >= 0.3 is 0 Å². The molecule has 0 spiro atoms. The van der Waals surface area contributed by atoms with Crippen LogP contribution in [0.5, 0.6) is 0 Å². The fourth-order valence-corrected chi connectivity index (χ4v) is 3.79. The van der Waals surface area contributed by atoms with Gasteiger partial charge in [-0.05, 0) is 45.1 Å². The van der Waals surface area contributed by atoms with Crippen molar-refractivity contribution in [2.75, 3.05) is 26.8 Å². The van der Waals surface area contributed by atoms with Crippen molar-refractivity contribution < 1.29 is 14.1 Å². The summed E-state index contributed by atoms with van der Waals surface area (Å²) in [6.45, 7) is 3.90. The fourth-order valence-electron chi connectivity index (χ4n) is 3.79. The van der Waals surface area contributed by atoms with Crippen LogP contribution >= 0.6 is 0 Å². The van der Waals surface area contributed by atoms with Crippen molar-refractivity contribution in [3.05, 3.63) is 29.2 Å². The number of methoxy groups -OCH3 is 1. The molecule has 0 radical (unpaired) electrons. The lowest BCUT2D eigenvalue weighted by atomic mass is 9.75. The maximum atomic E-state index is 12.8. The first kappa shape index (κ1) is 18.2. The van der Waals surface area contributed by atoms with Crippen LogP contribution in [0, 0.1) is 6.92 Å². The number of rotatable bonds is 6. The molecule has 27 heavy (non-hydrogen) atoms. The lowest BCUT2D eigenvalue weighted by Gasteiger charge is -2.39. The van der Waals surface area contributed by atoms with Crippen LogP contribution < -0.4 is 0 Å². The van der Waals surface area contributed by atoms with E-state index in [-0.39, 0.29) is 11.3 Å². The van der Waals surface area contributed by atoms with E-state index in [0.29, 0.717) is 31.3 Å². The van der Waals surface area contributed by atoms with Gasteiger partial charge in [-0.2, -0.15) is 10.1 Å². The number of ether oxygens (including phenoxy) is 1. The van der Waals surface area contributed by atoms with Crippen LogP contribution in [0.25, 0.3) is 0 Å². The zero-order chi connectivity index (χ0) is 19.0. The van der Waals surface area contributed by atoms with E-state index in [4.69, 9.17) is 14.2 Å². The number of hydrogen-bond acceptors (Lipinski definition) is 6. The number of likely N-dealkylation sites (tertiary alicyclic amines) is 1. The van der Waals surface area contributed by atoms with Gasteiger partial charge in [-0.15, -0.1) is 0 Å². The quantitative estimate of drug-likeness (QED) is 0.772. The normalized spacial score (nSPS) is 19.4. The van der Waals surface area contributed by atoms with Crippen molar-refractivity contribution in [2.45, 2.75) is 50.4 Å². The Morgan fingerprint density at radius 1 is 1.37 bits per heavy atom. The summed E-state index contributed by atoms with van der Waals surface area (Å²) < 4.78 is 12.6. The molecule has 0 aromatic carbocycles. The maximum absolute atomic E-state index is 12.8. The Bertz CT molecular complexity index is 796. The summed E-state index contributed by atoms with van der Waals surface area (Å²) in [5.41, 5.74) is 1.29. The number of aromatic nitrogens is 4. The molecule has 2 aliphatic rings. The molecule has 2 aromatic heterocycles. The van der Waals surface area contributed by atoms with Gasteiger partial charge in [-0.25, -0.2) is 0 Å². The number of nitrogens with zero attached hydrogens (tertiary/aromatic N) is 5. The van der Waals surface area contributed by atoms with Crippen LogP contribution in [0.3, 0.4) is 0 Å². The first-order valence-corrected chi connectivity index (χ1v) is 9.65. The second-order valence-electron chi connectivity index (χ2n) is 7.84. The van der Waals surface area contributed by atoms with Gasteiger partial charge in [-0.3, -0.25) is 9.48 Å². The topological polar surface area (TPSA) is 86.3 Å². The standard InChI is InChI=1S/C19H27N5O3/c1-13-12-15(21-23(13)2)17(25)24-9-6-19(7-10-24,8-11-26-3)18-20-16(27-22-18)14-4-5-14/h12,14H,4-11H2,1-3H3. The van der Waals surface area contributed by atoms with Crippen LogP contribution in [0.1, 0.15) is 65.9 Å². The number of hydrogen-bond donors (Lipinski definition) is 0. The predicted molar refractivity (Wildman–Crippen MR) is 97.5 cm³/mol. The Balaban J connectivity index is 1.49. The van der Waals surface area contributed by atoms with Gasteiger partial charge in [0.2, 0.25) is 5.89 Å². The molecular formula is C19H27N5O3. The number of aryl methyl sites for hydroxylation is 2. The van der Waals surface area contributed by atoms with E-state index >= 15 is 0 Å². The smallest absolute Gasteiger partial charge is 0.274 e. The Kier molecular flexibility index (Phi) is 4.75. The van der Waals surface area contributed by atoms with Crippen molar-refractivity contribution in [1.29, 1.82) is 0 Å². The first-order chi connectivity index (χ1) is 13.0. The van der Waals surface area contributed by atoms with Gasteiger partial charge in [0, 0.05) is 50.9 Å². The zero-order valence-electron chi connectivity index (χ0n) is 16.3. The van der Waals surface area contributed by atoms with Crippen molar-refractivity contribution in [2.24, 2.45) is 7.05 Å². The van der Waals surface area contributed by atoms with Gasteiger partial charge in [0.15, 0.2) is 11.5 Å². The second kappa shape index (κ2) is 7.07. The van der Waals surface area contributed by atoms with Crippen molar-refractivity contribution in [3.63, 3.8) is 0 Å². The molecule has 2 aromatic rings. The minimum absolute atomic E-state index is 0.00850. The Hall–Kier alpha value is -2.22. The van der Waals surface area contributed by atoms with E-state index in [1.807, 2.05) is 24.9 Å². The molecule has 0 unspecified atom stereocenters. The molecular weight excluding hydrogens is 346 g/mol. The molecule has 2 fully saturated rings. The lowest BCUT2D eigenvalue weighted by Crippen LogP contribution is -2.46. The Morgan fingerprint density at radius 2 is 2.11 bits per heavy atom. The van der Waals surface area contributed by atoms with Crippen LogP contribution in [-0.2, 0) is 17.2 Å². The summed E-state index contributed by atoms with van der Waals surface area (Å²) in [5.74, 6) is 1.98. The van der Waals surface area contributed by atoms with Gasteiger partial charge in [0.25, 0.3) is 5.91 Å². The van der Waals surface area contributed by atoms with Gasteiger partial charge in [-0.1, -0.05) is 5.16 Å². The highest BCUT2D eigenvalue weighted by molar-refractivity contribution is 5.92. The second-order valence-corrected chi connectivity index (χ2v) is 7.84. The molecule has 4 rings (SSSR count). The van der Waals surface area contributed by atoms with Gasteiger partial charge < -0.3 is 14.2 Å². The average molecular weight is 373 g/mol. The number of carbonyl (C=O) groups is 1. The van der Waals surface area contributed by atoms with Crippen LogP contribution in [-0.4, -0.2) is 57.5 Å². The van der Waals surface area contributed by atoms with E-state index in [0.717, 1.165) is 49.5 Å². The molecule has 3 heterocycles. The third kappa shape index (κ3) is 3.50. The third-order valence-electron chi connectivity index (χ3n) is 5.97. The van der Waals surface area contributed by atoms with E-state index in [1.54, 1.807) is 11.8 Å². The maximum Gasteiger partial charge on any atom is 0.274 e. The Labute approximate surface area is 158 Å². The van der Waals surface area contributed by atoms with Crippen LogP contribution in [0.4, 0.5) is 0 Å². The zero-order valence-corrected chi connectivity index (χ0v) is 16.3. The average Bonchev–Trinajstić information content (AvgIpc) is 3.31. The SMILES string of the molecule is COCCC1(c2noc(C3CC3)n2)CCN(C(=O)c2cc(C)n(C)n2)CC1. The fraction of sp³-hybridized carbons (Fsp3) is 0.684. The molecule has 1 amide bonds. The van der Waals surface area contributed by atoms with Crippen LogP contribution in [0.15, 0.2) is 10.6 Å². The molecule has 1 aliphatic carbocycles.